The van der Waals surface area contributed by atoms with Crippen molar-refractivity contribution in [1.29, 1.82) is 0 Å². The third-order valence-electron chi connectivity index (χ3n) is 2.25. The standard InChI is InChI=1S/C11H15N3O4/c1-3-6-14-9(15)5-4-8(13-14)10(16)12-7(2)11(17)18/h4-5,7H,3,6H2,1-2H3,(H,12,16)(H,17,18)/t7-/m0/s1. The van der Waals surface area contributed by atoms with Crippen LogP contribution in [0.15, 0.2) is 16.9 Å². The maximum absolute atomic E-state index is 11.7. The zero-order chi connectivity index (χ0) is 13.7. The molecule has 1 aromatic rings. The average molecular weight is 253 g/mol. The number of nitrogens with one attached hydrogen (secondary N) is 1. The molecule has 1 heterocycles. The number of aromatic nitrogens is 2. The van der Waals surface area contributed by atoms with Crippen molar-refractivity contribution in [2.45, 2.75) is 32.9 Å². The van der Waals surface area contributed by atoms with Gasteiger partial charge in [0, 0.05) is 12.6 Å². The Morgan fingerprint density at radius 2 is 2.17 bits per heavy atom. The van der Waals surface area contributed by atoms with Gasteiger partial charge in [0.2, 0.25) is 0 Å². The van der Waals surface area contributed by atoms with E-state index in [0.29, 0.717) is 13.0 Å². The minimum absolute atomic E-state index is 0.0242. The summed E-state index contributed by atoms with van der Waals surface area (Å²) in [6.07, 6.45) is 0.712. The molecule has 18 heavy (non-hydrogen) atoms. The lowest BCUT2D eigenvalue weighted by atomic mass is 10.3. The first kappa shape index (κ1) is 13.9. The molecule has 0 saturated carbocycles. The predicted molar refractivity (Wildman–Crippen MR) is 63.4 cm³/mol. The number of carbonyl (C=O) groups is 2. The van der Waals surface area contributed by atoms with Gasteiger partial charge in [0.15, 0.2) is 0 Å². The third-order valence-corrected chi connectivity index (χ3v) is 2.25. The largest absolute Gasteiger partial charge is 0.480 e. The summed E-state index contributed by atoms with van der Waals surface area (Å²) < 4.78 is 1.18. The van der Waals surface area contributed by atoms with Gasteiger partial charge in [-0.25, -0.2) is 4.68 Å². The van der Waals surface area contributed by atoms with E-state index in [1.165, 1.54) is 23.7 Å². The van der Waals surface area contributed by atoms with Crippen LogP contribution < -0.4 is 10.9 Å². The van der Waals surface area contributed by atoms with Crippen LogP contribution in [0.2, 0.25) is 0 Å². The molecule has 0 saturated heterocycles. The van der Waals surface area contributed by atoms with E-state index in [9.17, 15) is 14.4 Å². The van der Waals surface area contributed by atoms with Crippen molar-refractivity contribution in [2.24, 2.45) is 0 Å². The molecule has 0 aromatic carbocycles. The van der Waals surface area contributed by atoms with Crippen LogP contribution in [0.25, 0.3) is 0 Å². The second kappa shape index (κ2) is 5.95. The van der Waals surface area contributed by atoms with Crippen molar-refractivity contribution in [2.75, 3.05) is 0 Å². The maximum Gasteiger partial charge on any atom is 0.325 e. The van der Waals surface area contributed by atoms with Gasteiger partial charge in [0.1, 0.15) is 11.7 Å². The highest BCUT2D eigenvalue weighted by atomic mass is 16.4. The zero-order valence-corrected chi connectivity index (χ0v) is 10.2. The molecule has 1 aromatic heterocycles. The number of carboxylic acids is 1. The Balaban J connectivity index is 2.89. The summed E-state index contributed by atoms with van der Waals surface area (Å²) in [7, 11) is 0. The fraction of sp³-hybridized carbons (Fsp3) is 0.455. The van der Waals surface area contributed by atoms with Gasteiger partial charge in [0.25, 0.3) is 11.5 Å². The lowest BCUT2D eigenvalue weighted by Gasteiger charge is -2.09. The number of carbonyl (C=O) groups excluding carboxylic acids is 1. The van der Waals surface area contributed by atoms with Crippen molar-refractivity contribution in [1.82, 2.24) is 15.1 Å². The van der Waals surface area contributed by atoms with E-state index in [0.717, 1.165) is 0 Å². The second-order valence-corrected chi connectivity index (χ2v) is 3.81. The smallest absolute Gasteiger partial charge is 0.325 e. The van der Waals surface area contributed by atoms with Gasteiger partial charge in [-0.1, -0.05) is 6.92 Å². The first-order valence-electron chi connectivity index (χ1n) is 5.57. The van der Waals surface area contributed by atoms with Crippen molar-refractivity contribution < 1.29 is 14.7 Å². The molecule has 7 nitrogen and oxygen atoms in total. The molecule has 0 aliphatic rings. The van der Waals surface area contributed by atoms with Crippen molar-refractivity contribution in [3.63, 3.8) is 0 Å². The first-order chi connectivity index (χ1) is 8.45. The molecular weight excluding hydrogens is 238 g/mol. The molecule has 1 amide bonds. The van der Waals surface area contributed by atoms with Gasteiger partial charge in [-0.15, -0.1) is 0 Å². The Hall–Kier alpha value is -2.18. The van der Waals surface area contributed by atoms with Crippen molar-refractivity contribution in [3.8, 4) is 0 Å². The van der Waals surface area contributed by atoms with Crippen LogP contribution in [0, 0.1) is 0 Å². The Morgan fingerprint density at radius 1 is 1.50 bits per heavy atom. The molecule has 0 radical (unpaired) electrons. The van der Waals surface area contributed by atoms with Gasteiger partial charge in [0.05, 0.1) is 0 Å². The number of aryl methyl sites for hydroxylation is 1. The Morgan fingerprint density at radius 3 is 2.72 bits per heavy atom. The van der Waals surface area contributed by atoms with E-state index in [4.69, 9.17) is 5.11 Å². The number of carboxylic acid groups (broad SMARTS) is 1. The fourth-order valence-corrected chi connectivity index (χ4v) is 1.27. The van der Waals surface area contributed by atoms with E-state index in [-0.39, 0.29) is 11.3 Å². The molecule has 0 aliphatic carbocycles. The minimum Gasteiger partial charge on any atom is -0.480 e. The molecule has 7 heteroatoms. The number of hydrogen-bond acceptors (Lipinski definition) is 4. The molecule has 98 valence electrons. The summed E-state index contributed by atoms with van der Waals surface area (Å²) in [5.41, 5.74) is -0.268. The number of hydrogen-bond donors (Lipinski definition) is 2. The lowest BCUT2D eigenvalue weighted by molar-refractivity contribution is -0.138. The molecule has 0 unspecified atom stereocenters. The SMILES string of the molecule is CCCn1nc(C(=O)N[C@@H](C)C(=O)O)ccc1=O. The highest BCUT2D eigenvalue weighted by Gasteiger charge is 2.16. The Labute approximate surface area is 103 Å². The van der Waals surface area contributed by atoms with E-state index in [2.05, 4.69) is 10.4 Å². The van der Waals surface area contributed by atoms with Gasteiger partial charge in [-0.3, -0.25) is 14.4 Å². The number of rotatable bonds is 5. The van der Waals surface area contributed by atoms with Gasteiger partial charge >= 0.3 is 5.97 Å². The molecule has 0 bridgehead atoms. The fourth-order valence-electron chi connectivity index (χ4n) is 1.27. The van der Waals surface area contributed by atoms with Crippen LogP contribution in [0.5, 0.6) is 0 Å². The number of nitrogens with zero attached hydrogens (tertiary/aromatic N) is 2. The molecule has 1 atom stereocenters. The Bertz CT molecular complexity index is 509. The first-order valence-corrected chi connectivity index (χ1v) is 5.57. The summed E-state index contributed by atoms with van der Waals surface area (Å²) in [5, 5.41) is 14.8. The van der Waals surface area contributed by atoms with Crippen LogP contribution >= 0.6 is 0 Å². The van der Waals surface area contributed by atoms with E-state index in [1.54, 1.807) is 0 Å². The van der Waals surface area contributed by atoms with Crippen LogP contribution in [0.4, 0.5) is 0 Å². The van der Waals surface area contributed by atoms with Crippen LogP contribution in [-0.2, 0) is 11.3 Å². The highest BCUT2D eigenvalue weighted by Crippen LogP contribution is 1.94. The third kappa shape index (κ3) is 3.41. The summed E-state index contributed by atoms with van der Waals surface area (Å²) in [6, 6.07) is 1.51. The van der Waals surface area contributed by atoms with Crippen molar-refractivity contribution >= 4 is 11.9 Å². The van der Waals surface area contributed by atoms with Crippen LogP contribution in [-0.4, -0.2) is 32.8 Å². The quantitative estimate of drug-likeness (QED) is 0.760. The molecule has 2 N–H and O–H groups in total. The Kier molecular flexibility index (Phi) is 4.59. The molecule has 1 rings (SSSR count). The van der Waals surface area contributed by atoms with Gasteiger partial charge in [-0.2, -0.15) is 5.10 Å². The van der Waals surface area contributed by atoms with Crippen molar-refractivity contribution in [3.05, 3.63) is 28.2 Å². The second-order valence-electron chi connectivity index (χ2n) is 3.81. The monoisotopic (exact) mass is 253 g/mol. The molecular formula is C11H15N3O4. The summed E-state index contributed by atoms with van der Waals surface area (Å²) >= 11 is 0. The summed E-state index contributed by atoms with van der Waals surface area (Å²) in [6.45, 7) is 3.64. The van der Waals surface area contributed by atoms with Gasteiger partial charge in [-0.05, 0) is 19.4 Å². The van der Waals surface area contributed by atoms with E-state index in [1.807, 2.05) is 6.92 Å². The summed E-state index contributed by atoms with van der Waals surface area (Å²) in [5.74, 6) is -1.75. The zero-order valence-electron chi connectivity index (χ0n) is 10.2. The summed E-state index contributed by atoms with van der Waals surface area (Å²) in [4.78, 5) is 33.7. The number of aliphatic carboxylic acids is 1. The normalized spacial score (nSPS) is 11.9. The predicted octanol–water partition coefficient (Wildman–Crippen LogP) is -0.144. The highest BCUT2D eigenvalue weighted by molar-refractivity contribution is 5.94. The van der Waals surface area contributed by atoms with E-state index >= 15 is 0 Å². The lowest BCUT2D eigenvalue weighted by Crippen LogP contribution is -2.39. The molecule has 0 aliphatic heterocycles. The average Bonchev–Trinajstić information content (AvgIpc) is 2.31. The topological polar surface area (TPSA) is 101 Å². The maximum atomic E-state index is 11.7. The molecule has 0 spiro atoms. The molecule has 0 fully saturated rings. The minimum atomic E-state index is -1.13. The van der Waals surface area contributed by atoms with E-state index < -0.39 is 17.9 Å². The van der Waals surface area contributed by atoms with Crippen LogP contribution in [0.3, 0.4) is 0 Å². The van der Waals surface area contributed by atoms with Crippen LogP contribution in [0.1, 0.15) is 30.8 Å². The number of amides is 1. The van der Waals surface area contributed by atoms with Gasteiger partial charge < -0.3 is 10.4 Å².